The molecule has 2 heterocycles. The van der Waals surface area contributed by atoms with Crippen molar-refractivity contribution in [3.05, 3.63) is 20.8 Å². The molecule has 1 N–H and O–H groups in total. The van der Waals surface area contributed by atoms with Crippen molar-refractivity contribution in [2.24, 2.45) is 0 Å². The molecular weight excluding hydrogens is 322 g/mol. The van der Waals surface area contributed by atoms with Gasteiger partial charge >= 0.3 is 0 Å². The van der Waals surface area contributed by atoms with Crippen molar-refractivity contribution in [1.82, 2.24) is 4.90 Å². The molecule has 1 atom stereocenters. The number of aliphatic hydroxyl groups excluding tert-OH is 1. The Morgan fingerprint density at radius 2 is 1.95 bits per heavy atom. The Hall–Kier alpha value is 0.1000. The minimum atomic E-state index is -0.319. The van der Waals surface area contributed by atoms with Crippen LogP contribution in [0.15, 0.2) is 15.9 Å². The molecule has 0 bridgehead atoms. The first-order chi connectivity index (χ1) is 9.01. The van der Waals surface area contributed by atoms with E-state index in [-0.39, 0.29) is 11.6 Å². The summed E-state index contributed by atoms with van der Waals surface area (Å²) < 4.78 is 1.13. The molecular formula is C15H24BrNOS. The summed E-state index contributed by atoms with van der Waals surface area (Å²) in [6.07, 6.45) is 5.61. The van der Waals surface area contributed by atoms with E-state index in [0.717, 1.165) is 24.0 Å². The summed E-state index contributed by atoms with van der Waals surface area (Å²) in [5.41, 5.74) is -0.145. The molecule has 19 heavy (non-hydrogen) atoms. The van der Waals surface area contributed by atoms with Crippen molar-refractivity contribution in [3.8, 4) is 0 Å². The van der Waals surface area contributed by atoms with Gasteiger partial charge in [0.2, 0.25) is 0 Å². The minimum Gasteiger partial charge on any atom is -0.391 e. The lowest BCUT2D eigenvalue weighted by molar-refractivity contribution is -0.00752. The van der Waals surface area contributed by atoms with Gasteiger partial charge in [-0.25, -0.2) is 0 Å². The van der Waals surface area contributed by atoms with E-state index < -0.39 is 0 Å². The molecule has 1 unspecified atom stereocenters. The van der Waals surface area contributed by atoms with Gasteiger partial charge in [0.25, 0.3) is 0 Å². The molecule has 2 rings (SSSR count). The number of hydrogen-bond acceptors (Lipinski definition) is 3. The number of rotatable bonds is 4. The highest BCUT2D eigenvalue weighted by Crippen LogP contribution is 2.29. The number of nitrogens with zero attached hydrogens (tertiary/aromatic N) is 1. The van der Waals surface area contributed by atoms with Gasteiger partial charge in [0.1, 0.15) is 0 Å². The molecule has 108 valence electrons. The van der Waals surface area contributed by atoms with Gasteiger partial charge in [-0.1, -0.05) is 12.8 Å². The second-order valence-electron chi connectivity index (χ2n) is 5.97. The third kappa shape index (κ3) is 3.81. The van der Waals surface area contributed by atoms with Crippen LogP contribution in [0.25, 0.3) is 0 Å². The van der Waals surface area contributed by atoms with Crippen LogP contribution in [-0.2, 0) is 6.42 Å². The van der Waals surface area contributed by atoms with Gasteiger partial charge < -0.3 is 5.11 Å². The van der Waals surface area contributed by atoms with Crippen LogP contribution in [0.3, 0.4) is 0 Å². The summed E-state index contributed by atoms with van der Waals surface area (Å²) >= 11 is 5.28. The Morgan fingerprint density at radius 3 is 2.47 bits per heavy atom. The normalized spacial score (nSPS) is 20.2. The third-order valence-electron chi connectivity index (χ3n) is 4.31. The van der Waals surface area contributed by atoms with Crippen molar-refractivity contribution >= 4 is 27.3 Å². The fourth-order valence-electron chi connectivity index (χ4n) is 2.75. The number of thiophene rings is 1. The van der Waals surface area contributed by atoms with E-state index in [1.54, 1.807) is 11.3 Å². The molecule has 1 aliphatic rings. The summed E-state index contributed by atoms with van der Waals surface area (Å²) in [4.78, 5) is 3.72. The number of likely N-dealkylation sites (tertiary alicyclic amines) is 1. The van der Waals surface area contributed by atoms with E-state index in [4.69, 9.17) is 0 Å². The number of aliphatic hydroxyl groups is 1. The maximum Gasteiger partial charge on any atom is 0.0766 e. The molecule has 2 nitrogen and oxygen atoms in total. The molecule has 1 aromatic rings. The van der Waals surface area contributed by atoms with E-state index in [1.807, 2.05) is 0 Å². The van der Waals surface area contributed by atoms with E-state index in [2.05, 4.69) is 46.1 Å². The Balaban J connectivity index is 2.02. The van der Waals surface area contributed by atoms with Crippen LogP contribution < -0.4 is 0 Å². The molecule has 1 aliphatic heterocycles. The van der Waals surface area contributed by atoms with Crippen LogP contribution in [0.5, 0.6) is 0 Å². The van der Waals surface area contributed by atoms with Crippen LogP contribution in [0, 0.1) is 0 Å². The molecule has 0 aliphatic carbocycles. The molecule has 1 fully saturated rings. The zero-order valence-electron chi connectivity index (χ0n) is 11.9. The summed E-state index contributed by atoms with van der Waals surface area (Å²) in [6, 6.07) is 2.06. The lowest BCUT2D eigenvalue weighted by Gasteiger charge is -2.41. The second-order valence-corrected chi connectivity index (χ2v) is 7.82. The number of hydrogen-bond donors (Lipinski definition) is 1. The van der Waals surface area contributed by atoms with Crippen LogP contribution in [0.1, 0.15) is 44.4 Å². The summed E-state index contributed by atoms with van der Waals surface area (Å²) in [5, 5.41) is 12.7. The standard InChI is InChI=1S/C15H24BrNOS/c1-15(2,17-8-5-3-4-6-9-17)14(18)11-13-12(16)7-10-19-13/h7,10,14,18H,3-6,8-9,11H2,1-2H3. The maximum absolute atomic E-state index is 10.7. The summed E-state index contributed by atoms with van der Waals surface area (Å²) in [6.45, 7) is 6.61. The highest BCUT2D eigenvalue weighted by Gasteiger charge is 2.34. The quantitative estimate of drug-likeness (QED) is 0.888. The monoisotopic (exact) mass is 345 g/mol. The molecule has 0 aromatic carbocycles. The zero-order chi connectivity index (χ0) is 13.9. The SMILES string of the molecule is CC(C)(C(O)Cc1sccc1Br)N1CCCCCC1. The summed E-state index contributed by atoms with van der Waals surface area (Å²) in [7, 11) is 0. The van der Waals surface area contributed by atoms with Crippen LogP contribution >= 0.6 is 27.3 Å². The molecule has 0 saturated carbocycles. The predicted octanol–water partition coefficient (Wildman–Crippen LogP) is 4.07. The van der Waals surface area contributed by atoms with Gasteiger partial charge in [0.05, 0.1) is 6.10 Å². The largest absolute Gasteiger partial charge is 0.391 e. The average molecular weight is 346 g/mol. The first-order valence-electron chi connectivity index (χ1n) is 7.17. The van der Waals surface area contributed by atoms with Gasteiger partial charge in [-0.05, 0) is 67.2 Å². The maximum atomic E-state index is 10.7. The predicted molar refractivity (Wildman–Crippen MR) is 85.8 cm³/mol. The van der Waals surface area contributed by atoms with Crippen molar-refractivity contribution in [3.63, 3.8) is 0 Å². The first-order valence-corrected chi connectivity index (χ1v) is 8.84. The molecule has 0 radical (unpaired) electrons. The van der Waals surface area contributed by atoms with Gasteiger partial charge in [-0.2, -0.15) is 0 Å². The zero-order valence-corrected chi connectivity index (χ0v) is 14.3. The lowest BCUT2D eigenvalue weighted by Crippen LogP contribution is -2.53. The Kier molecular flexibility index (Phi) is 5.46. The van der Waals surface area contributed by atoms with Crippen LogP contribution in [0.2, 0.25) is 0 Å². The van der Waals surface area contributed by atoms with Gasteiger partial charge in [-0.15, -0.1) is 11.3 Å². The van der Waals surface area contributed by atoms with E-state index in [0.29, 0.717) is 0 Å². The fraction of sp³-hybridized carbons (Fsp3) is 0.733. The van der Waals surface area contributed by atoms with Crippen molar-refractivity contribution in [2.75, 3.05) is 13.1 Å². The lowest BCUT2D eigenvalue weighted by atomic mass is 9.91. The highest BCUT2D eigenvalue weighted by molar-refractivity contribution is 9.10. The Labute approximate surface area is 129 Å². The van der Waals surface area contributed by atoms with E-state index in [9.17, 15) is 5.11 Å². The fourth-order valence-corrected chi connectivity index (χ4v) is 4.31. The Bertz CT molecular complexity index is 397. The summed E-state index contributed by atoms with van der Waals surface area (Å²) in [5.74, 6) is 0. The average Bonchev–Trinajstić information content (AvgIpc) is 2.64. The first kappa shape index (κ1) is 15.5. The topological polar surface area (TPSA) is 23.5 Å². The van der Waals surface area contributed by atoms with Gasteiger partial charge in [0.15, 0.2) is 0 Å². The highest BCUT2D eigenvalue weighted by atomic mass is 79.9. The van der Waals surface area contributed by atoms with E-state index in [1.165, 1.54) is 30.6 Å². The smallest absolute Gasteiger partial charge is 0.0766 e. The van der Waals surface area contributed by atoms with Crippen LogP contribution in [0.4, 0.5) is 0 Å². The molecule has 4 heteroatoms. The molecule has 1 saturated heterocycles. The van der Waals surface area contributed by atoms with Crippen LogP contribution in [-0.4, -0.2) is 34.7 Å². The number of halogens is 1. The van der Waals surface area contributed by atoms with Crippen molar-refractivity contribution in [2.45, 2.75) is 57.6 Å². The molecule has 1 aromatic heterocycles. The van der Waals surface area contributed by atoms with Crippen molar-refractivity contribution < 1.29 is 5.11 Å². The van der Waals surface area contributed by atoms with Gasteiger partial charge in [-0.3, -0.25) is 4.90 Å². The molecule has 0 spiro atoms. The van der Waals surface area contributed by atoms with Gasteiger partial charge in [0, 0.05) is 21.3 Å². The minimum absolute atomic E-state index is 0.145. The van der Waals surface area contributed by atoms with E-state index >= 15 is 0 Å². The third-order valence-corrected chi connectivity index (χ3v) is 6.26. The second kappa shape index (κ2) is 6.70. The van der Waals surface area contributed by atoms with Crippen molar-refractivity contribution in [1.29, 1.82) is 0 Å². The Morgan fingerprint density at radius 1 is 1.32 bits per heavy atom. The molecule has 0 amide bonds.